The molecule has 114 valence electrons. The number of carbonyl (C=O) groups excluding carboxylic acids is 1. The van der Waals surface area contributed by atoms with Crippen LogP contribution in [0.2, 0.25) is 5.02 Å². The molecule has 7 heteroatoms. The van der Waals surface area contributed by atoms with E-state index in [4.69, 9.17) is 22.5 Å². The number of anilines is 1. The molecule has 2 amide bonds. The van der Waals surface area contributed by atoms with Gasteiger partial charge in [-0.2, -0.15) is 0 Å². The van der Waals surface area contributed by atoms with Crippen molar-refractivity contribution >= 4 is 29.2 Å². The predicted octanol–water partition coefficient (Wildman–Crippen LogP) is 2.69. The van der Waals surface area contributed by atoms with Gasteiger partial charge in [-0.25, -0.2) is 4.79 Å². The maximum atomic E-state index is 12.0. The van der Waals surface area contributed by atoms with Gasteiger partial charge in [0.05, 0.1) is 0 Å². The normalized spacial score (nSPS) is 22.1. The predicted molar refractivity (Wildman–Crippen MR) is 82.9 cm³/mol. The maximum Gasteiger partial charge on any atom is 0.319 e. The minimum atomic E-state index is -0.322. The number of hydrogen-bond donors (Lipinski definition) is 4. The van der Waals surface area contributed by atoms with E-state index >= 15 is 0 Å². The van der Waals surface area contributed by atoms with Crippen LogP contribution < -0.4 is 16.4 Å². The number of aryl methyl sites for hydroxylation is 1. The molecule has 2 unspecified atom stereocenters. The van der Waals surface area contributed by atoms with Gasteiger partial charge in [0.2, 0.25) is 0 Å². The average molecular weight is 311 g/mol. The molecule has 0 heterocycles. The Morgan fingerprint density at radius 2 is 2.24 bits per heavy atom. The molecule has 1 fully saturated rings. The van der Waals surface area contributed by atoms with E-state index in [0.717, 1.165) is 24.8 Å². The van der Waals surface area contributed by atoms with Gasteiger partial charge in [0.15, 0.2) is 0 Å². The first kappa shape index (κ1) is 15.4. The van der Waals surface area contributed by atoms with E-state index in [9.17, 15) is 4.79 Å². The zero-order chi connectivity index (χ0) is 15.4. The van der Waals surface area contributed by atoms with Gasteiger partial charge in [-0.1, -0.05) is 29.2 Å². The van der Waals surface area contributed by atoms with E-state index in [1.165, 1.54) is 0 Å². The van der Waals surface area contributed by atoms with Gasteiger partial charge in [0.1, 0.15) is 5.84 Å². The molecule has 0 spiro atoms. The lowest BCUT2D eigenvalue weighted by molar-refractivity contribution is 0.247. The van der Waals surface area contributed by atoms with Crippen LogP contribution in [0.4, 0.5) is 10.5 Å². The van der Waals surface area contributed by atoms with Crippen LogP contribution >= 0.6 is 11.6 Å². The number of hydrogen-bond acceptors (Lipinski definition) is 3. The van der Waals surface area contributed by atoms with E-state index in [1.54, 1.807) is 12.1 Å². The van der Waals surface area contributed by atoms with E-state index in [2.05, 4.69) is 15.8 Å². The topological polar surface area (TPSA) is 99.7 Å². The fourth-order valence-electron chi connectivity index (χ4n) is 2.57. The number of amides is 2. The second kappa shape index (κ2) is 6.67. The third kappa shape index (κ3) is 3.78. The summed E-state index contributed by atoms with van der Waals surface area (Å²) in [4.78, 5) is 12.0. The lowest BCUT2D eigenvalue weighted by atomic mass is 10.0. The second-order valence-electron chi connectivity index (χ2n) is 5.23. The van der Waals surface area contributed by atoms with Crippen molar-refractivity contribution in [2.45, 2.75) is 32.2 Å². The van der Waals surface area contributed by atoms with E-state index in [1.807, 2.05) is 13.0 Å². The Bertz CT molecular complexity index is 562. The van der Waals surface area contributed by atoms with Gasteiger partial charge < -0.3 is 21.6 Å². The minimum absolute atomic E-state index is 0.123. The highest BCUT2D eigenvalue weighted by molar-refractivity contribution is 6.31. The largest absolute Gasteiger partial charge is 0.409 e. The molecule has 2 rings (SSSR count). The molecule has 1 aliphatic carbocycles. The summed E-state index contributed by atoms with van der Waals surface area (Å²) in [6, 6.07) is 4.88. The highest BCUT2D eigenvalue weighted by Crippen LogP contribution is 2.26. The number of benzene rings is 1. The van der Waals surface area contributed by atoms with Crippen molar-refractivity contribution < 1.29 is 10.0 Å². The summed E-state index contributed by atoms with van der Waals surface area (Å²) in [5.74, 6) is 0.0403. The summed E-state index contributed by atoms with van der Waals surface area (Å²) in [6.45, 7) is 1.90. The van der Waals surface area contributed by atoms with Crippen molar-refractivity contribution in [1.29, 1.82) is 0 Å². The first-order chi connectivity index (χ1) is 10.0. The van der Waals surface area contributed by atoms with Crippen molar-refractivity contribution in [3.63, 3.8) is 0 Å². The number of nitrogens with two attached hydrogens (primary N) is 1. The number of rotatable bonds is 3. The molecule has 1 aliphatic rings. The quantitative estimate of drug-likeness (QED) is 0.299. The smallest absolute Gasteiger partial charge is 0.319 e. The van der Waals surface area contributed by atoms with Crippen molar-refractivity contribution in [2.24, 2.45) is 16.8 Å². The summed E-state index contributed by atoms with van der Waals surface area (Å²) < 4.78 is 0. The lowest BCUT2D eigenvalue weighted by Gasteiger charge is -2.20. The Hall–Kier alpha value is -1.95. The van der Waals surface area contributed by atoms with Crippen LogP contribution in [0.1, 0.15) is 24.8 Å². The summed E-state index contributed by atoms with van der Waals surface area (Å²) >= 11 is 6.02. The van der Waals surface area contributed by atoms with E-state index in [-0.39, 0.29) is 23.8 Å². The van der Waals surface area contributed by atoms with Crippen LogP contribution in [0.15, 0.2) is 23.4 Å². The summed E-state index contributed by atoms with van der Waals surface area (Å²) in [5, 5.41) is 18.0. The van der Waals surface area contributed by atoms with Crippen LogP contribution in [0.5, 0.6) is 0 Å². The van der Waals surface area contributed by atoms with Gasteiger partial charge >= 0.3 is 6.03 Å². The molecule has 6 nitrogen and oxygen atoms in total. The van der Waals surface area contributed by atoms with Crippen LogP contribution in [0.25, 0.3) is 0 Å². The fourth-order valence-corrected chi connectivity index (χ4v) is 2.75. The first-order valence-electron chi connectivity index (χ1n) is 6.82. The summed E-state index contributed by atoms with van der Waals surface area (Å²) in [7, 11) is 0. The Labute approximate surface area is 128 Å². The van der Waals surface area contributed by atoms with Crippen LogP contribution in [-0.4, -0.2) is 23.1 Å². The standard InChI is InChI=1S/C14H19ClN4O2/c1-8-5-6-9(7-11(8)15)17-14(20)18-12-4-2-3-10(12)13(16)19-21/h5-7,10,12,21H,2-4H2,1H3,(H2,16,19)(H2,17,18,20). The molecular weight excluding hydrogens is 292 g/mol. The van der Waals surface area contributed by atoms with E-state index < -0.39 is 0 Å². The Morgan fingerprint density at radius 1 is 1.48 bits per heavy atom. The second-order valence-corrected chi connectivity index (χ2v) is 5.64. The molecule has 21 heavy (non-hydrogen) atoms. The van der Waals surface area contributed by atoms with Crippen molar-refractivity contribution in [3.05, 3.63) is 28.8 Å². The molecular formula is C14H19ClN4O2. The fraction of sp³-hybridized carbons (Fsp3) is 0.429. The van der Waals surface area contributed by atoms with Crippen LogP contribution in [0.3, 0.4) is 0 Å². The third-order valence-electron chi connectivity index (χ3n) is 3.76. The van der Waals surface area contributed by atoms with E-state index in [0.29, 0.717) is 10.7 Å². The molecule has 0 aliphatic heterocycles. The third-order valence-corrected chi connectivity index (χ3v) is 4.16. The lowest BCUT2D eigenvalue weighted by Crippen LogP contribution is -2.44. The molecule has 2 atom stereocenters. The van der Waals surface area contributed by atoms with Gasteiger partial charge in [0, 0.05) is 22.7 Å². The number of carbonyl (C=O) groups is 1. The van der Waals surface area contributed by atoms with Gasteiger partial charge in [-0.05, 0) is 37.5 Å². The minimum Gasteiger partial charge on any atom is -0.409 e. The zero-order valence-electron chi connectivity index (χ0n) is 11.8. The highest BCUT2D eigenvalue weighted by atomic mass is 35.5. The van der Waals surface area contributed by atoms with Crippen molar-refractivity contribution in [2.75, 3.05) is 5.32 Å². The summed E-state index contributed by atoms with van der Waals surface area (Å²) in [5.41, 5.74) is 7.22. The Morgan fingerprint density at radius 3 is 2.90 bits per heavy atom. The number of oxime groups is 1. The molecule has 1 saturated carbocycles. The molecule has 0 saturated heterocycles. The molecule has 0 radical (unpaired) electrons. The maximum absolute atomic E-state index is 12.0. The molecule has 0 bridgehead atoms. The zero-order valence-corrected chi connectivity index (χ0v) is 12.5. The van der Waals surface area contributed by atoms with Gasteiger partial charge in [-0.3, -0.25) is 0 Å². The summed E-state index contributed by atoms with van der Waals surface area (Å²) in [6.07, 6.45) is 2.54. The van der Waals surface area contributed by atoms with Crippen LogP contribution in [0, 0.1) is 12.8 Å². The van der Waals surface area contributed by atoms with Gasteiger partial charge in [-0.15, -0.1) is 0 Å². The SMILES string of the molecule is Cc1ccc(NC(=O)NC2CCCC2C(N)=NO)cc1Cl. The number of urea groups is 1. The molecule has 1 aromatic carbocycles. The Balaban J connectivity index is 1.96. The van der Waals surface area contributed by atoms with Crippen LogP contribution in [-0.2, 0) is 0 Å². The highest BCUT2D eigenvalue weighted by Gasteiger charge is 2.31. The monoisotopic (exact) mass is 310 g/mol. The Kier molecular flexibility index (Phi) is 4.90. The first-order valence-corrected chi connectivity index (χ1v) is 7.20. The molecule has 0 aromatic heterocycles. The number of nitrogens with zero attached hydrogens (tertiary/aromatic N) is 1. The van der Waals surface area contributed by atoms with Gasteiger partial charge in [0.25, 0.3) is 0 Å². The number of nitrogens with one attached hydrogen (secondary N) is 2. The van der Waals surface area contributed by atoms with Crippen molar-refractivity contribution in [3.8, 4) is 0 Å². The van der Waals surface area contributed by atoms with Crippen molar-refractivity contribution in [1.82, 2.24) is 5.32 Å². The number of halogens is 1. The molecule has 1 aromatic rings. The number of amidine groups is 1. The average Bonchev–Trinajstić information content (AvgIpc) is 2.90. The molecule has 5 N–H and O–H groups in total.